The first-order chi connectivity index (χ1) is 24.5. The second-order valence-corrected chi connectivity index (χ2v) is 12.7. The van der Waals surface area contributed by atoms with E-state index in [0.717, 1.165) is 61.2 Å². The van der Waals surface area contributed by atoms with Gasteiger partial charge in [-0.3, -0.25) is 4.57 Å². The summed E-state index contributed by atoms with van der Waals surface area (Å²) in [6.45, 7) is 6.46. The fourth-order valence-electron chi connectivity index (χ4n) is 7.29. The average Bonchev–Trinajstić information content (AvgIpc) is 3.68. The van der Waals surface area contributed by atoms with E-state index in [9.17, 15) is 0 Å². The molecule has 250 valence electrons. The van der Waals surface area contributed by atoms with Crippen LogP contribution in [0, 0.1) is 39.2 Å². The first-order valence-electron chi connectivity index (χ1n) is 16.7. The number of benzene rings is 6. The molecule has 9 aromatic rings. The Morgan fingerprint density at radius 2 is 1.37 bits per heavy atom. The van der Waals surface area contributed by atoms with Crippen LogP contribution < -0.4 is 9.30 Å². The number of hydrogen-bond acceptors (Lipinski definition) is 2. The zero-order chi connectivity index (χ0) is 33.8. The molecule has 0 aliphatic heterocycles. The number of aryl methyl sites for hydroxylation is 3. The summed E-state index contributed by atoms with van der Waals surface area (Å²) in [4.78, 5) is 4.75. The topological polar surface area (TPSA) is 35.9 Å². The molecule has 0 bridgehead atoms. The van der Waals surface area contributed by atoms with Crippen LogP contribution >= 0.6 is 0 Å². The van der Waals surface area contributed by atoms with Gasteiger partial charge in [-0.25, -0.2) is 0 Å². The summed E-state index contributed by atoms with van der Waals surface area (Å²) in [6, 6.07) is 52.9. The molecule has 0 radical (unpaired) electrons. The summed E-state index contributed by atoms with van der Waals surface area (Å²) in [5.74, 6) is 1.15. The Bertz CT molecular complexity index is 2690. The standard InChI is InChI=1S/C45H32N4O.Pt/c1-30-24-31(2)45(32(3)25-30)48-29-47(41-21-9-10-22-42(41)48)34-16-13-17-35(26-34)50-36-27-38(39-19-11-12-23-46-39)44-37-18-7-8-20-40(37)49(43(44)28-36)33-14-5-4-6-15-33;/h4-25,28H,1-3H3;/q-2;. The molecule has 9 rings (SSSR count). The van der Waals surface area contributed by atoms with Crippen molar-refractivity contribution in [2.75, 3.05) is 0 Å². The first-order valence-corrected chi connectivity index (χ1v) is 16.7. The average molecular weight is 840 g/mol. The summed E-state index contributed by atoms with van der Waals surface area (Å²) in [5.41, 5.74) is 12.6. The zero-order valence-corrected chi connectivity index (χ0v) is 30.6. The summed E-state index contributed by atoms with van der Waals surface area (Å²) in [6.07, 6.45) is 5.46. The van der Waals surface area contributed by atoms with Crippen LogP contribution in [0.4, 0.5) is 0 Å². The molecule has 0 saturated carbocycles. The third-order valence-electron chi connectivity index (χ3n) is 9.25. The van der Waals surface area contributed by atoms with Crippen LogP contribution in [-0.2, 0) is 21.1 Å². The molecule has 0 amide bonds. The minimum atomic E-state index is 0. The van der Waals surface area contributed by atoms with Gasteiger partial charge in [0, 0.05) is 50.0 Å². The van der Waals surface area contributed by atoms with E-state index in [1.807, 2.05) is 48.7 Å². The summed E-state index contributed by atoms with van der Waals surface area (Å²) in [5, 5.41) is 2.21. The monoisotopic (exact) mass is 839 g/mol. The smallest absolute Gasteiger partial charge is 0.268 e. The van der Waals surface area contributed by atoms with Gasteiger partial charge in [0.15, 0.2) is 0 Å². The van der Waals surface area contributed by atoms with Crippen molar-refractivity contribution in [3.63, 3.8) is 0 Å². The van der Waals surface area contributed by atoms with Gasteiger partial charge < -0.3 is 18.9 Å². The predicted molar refractivity (Wildman–Crippen MR) is 200 cm³/mol. The van der Waals surface area contributed by atoms with Crippen molar-refractivity contribution in [3.8, 4) is 39.8 Å². The molecule has 0 unspecified atom stereocenters. The van der Waals surface area contributed by atoms with Crippen molar-refractivity contribution in [1.82, 2.24) is 14.1 Å². The van der Waals surface area contributed by atoms with Crippen molar-refractivity contribution < 1.29 is 30.4 Å². The van der Waals surface area contributed by atoms with Crippen LogP contribution in [-0.4, -0.2) is 14.1 Å². The Balaban J connectivity index is 0.00000374. The number of aromatic nitrogens is 4. The Morgan fingerprint density at radius 1 is 0.647 bits per heavy atom. The zero-order valence-electron chi connectivity index (χ0n) is 28.3. The molecule has 3 aromatic heterocycles. The van der Waals surface area contributed by atoms with Crippen molar-refractivity contribution in [1.29, 1.82) is 0 Å². The molecule has 0 fully saturated rings. The van der Waals surface area contributed by atoms with Crippen LogP contribution in [0.25, 0.3) is 61.2 Å². The van der Waals surface area contributed by atoms with Gasteiger partial charge in [-0.05, 0) is 78.4 Å². The molecule has 51 heavy (non-hydrogen) atoms. The van der Waals surface area contributed by atoms with E-state index in [0.29, 0.717) is 11.5 Å². The number of imidazole rings is 1. The van der Waals surface area contributed by atoms with E-state index >= 15 is 0 Å². The molecular formula is C45H32N4OPt-2. The van der Waals surface area contributed by atoms with E-state index in [1.165, 1.54) is 16.7 Å². The molecule has 0 atom stereocenters. The van der Waals surface area contributed by atoms with Crippen molar-refractivity contribution in [3.05, 3.63) is 175 Å². The Labute approximate surface area is 311 Å². The van der Waals surface area contributed by atoms with Gasteiger partial charge in [0.1, 0.15) is 0 Å². The Morgan fingerprint density at radius 3 is 2.16 bits per heavy atom. The number of ether oxygens (including phenoxy) is 1. The van der Waals surface area contributed by atoms with Crippen LogP contribution in [0.1, 0.15) is 16.7 Å². The van der Waals surface area contributed by atoms with Crippen LogP contribution in [0.2, 0.25) is 0 Å². The molecule has 5 nitrogen and oxygen atoms in total. The maximum absolute atomic E-state index is 6.67. The Kier molecular flexibility index (Phi) is 8.37. The SMILES string of the molecule is Cc1cc(C)c(-[n+]2[c-]n(-c3[c-]c(Oc4[c-]c(-c5ccccn5)c5c6ccccc6n(-c6ccccc6)c5c4)ccc3)c3ccccc32)c(C)c1.[Pt]. The molecular weight excluding hydrogens is 808 g/mol. The summed E-state index contributed by atoms with van der Waals surface area (Å²) >= 11 is 0. The van der Waals surface area contributed by atoms with Gasteiger partial charge in [-0.2, -0.15) is 12.1 Å². The minimum absolute atomic E-state index is 0. The number of nitrogens with zero attached hydrogens (tertiary/aromatic N) is 4. The molecule has 0 aliphatic rings. The van der Waals surface area contributed by atoms with Crippen molar-refractivity contribution in [2.45, 2.75) is 20.8 Å². The fraction of sp³-hybridized carbons (Fsp3) is 0.0667. The summed E-state index contributed by atoms with van der Waals surface area (Å²) in [7, 11) is 0. The number of para-hydroxylation sites is 4. The third kappa shape index (κ3) is 5.64. The Hall–Kier alpha value is -5.77. The molecule has 6 aromatic carbocycles. The van der Waals surface area contributed by atoms with E-state index in [1.54, 1.807) is 0 Å². The molecule has 0 spiro atoms. The molecule has 0 aliphatic carbocycles. The summed E-state index contributed by atoms with van der Waals surface area (Å²) < 4.78 is 13.2. The molecule has 0 N–H and O–H groups in total. The number of rotatable bonds is 6. The molecule has 3 heterocycles. The van der Waals surface area contributed by atoms with E-state index < -0.39 is 0 Å². The van der Waals surface area contributed by atoms with Gasteiger partial charge in [-0.15, -0.1) is 17.7 Å². The third-order valence-corrected chi connectivity index (χ3v) is 9.25. The van der Waals surface area contributed by atoms with Gasteiger partial charge in [0.2, 0.25) is 0 Å². The van der Waals surface area contributed by atoms with Crippen LogP contribution in [0.3, 0.4) is 0 Å². The van der Waals surface area contributed by atoms with E-state index in [2.05, 4.69) is 144 Å². The van der Waals surface area contributed by atoms with E-state index in [4.69, 9.17) is 9.72 Å². The first kappa shape index (κ1) is 32.4. The van der Waals surface area contributed by atoms with E-state index in [-0.39, 0.29) is 21.1 Å². The number of hydrogen-bond donors (Lipinski definition) is 0. The van der Waals surface area contributed by atoms with Gasteiger partial charge in [0.05, 0.1) is 16.7 Å². The van der Waals surface area contributed by atoms with Crippen LogP contribution in [0.15, 0.2) is 140 Å². The maximum Gasteiger partial charge on any atom is 0.268 e. The second kappa shape index (κ2) is 13.2. The fourth-order valence-corrected chi connectivity index (χ4v) is 7.29. The second-order valence-electron chi connectivity index (χ2n) is 12.7. The van der Waals surface area contributed by atoms with Gasteiger partial charge in [-0.1, -0.05) is 108 Å². The van der Waals surface area contributed by atoms with Gasteiger partial charge >= 0.3 is 0 Å². The van der Waals surface area contributed by atoms with Crippen molar-refractivity contribution in [2.24, 2.45) is 0 Å². The maximum atomic E-state index is 6.67. The quantitative estimate of drug-likeness (QED) is 0.124. The normalized spacial score (nSPS) is 11.3. The molecule has 0 saturated heterocycles. The number of fused-ring (bicyclic) bond motifs is 4. The van der Waals surface area contributed by atoms with Gasteiger partial charge in [0.25, 0.3) is 6.33 Å². The molecule has 6 heteroatoms. The predicted octanol–water partition coefficient (Wildman–Crippen LogP) is 10.2. The number of pyridine rings is 1. The van der Waals surface area contributed by atoms with Crippen molar-refractivity contribution >= 4 is 32.8 Å². The minimum Gasteiger partial charge on any atom is -0.503 e. The largest absolute Gasteiger partial charge is 0.503 e. The van der Waals surface area contributed by atoms with Crippen LogP contribution in [0.5, 0.6) is 11.5 Å².